The molecule has 9 heteroatoms. The van der Waals surface area contributed by atoms with Gasteiger partial charge in [-0.15, -0.1) is 0 Å². The molecule has 2 N–H and O–H groups in total. The summed E-state index contributed by atoms with van der Waals surface area (Å²) >= 11 is 3.36. The lowest BCUT2D eigenvalue weighted by Gasteiger charge is -2.17. The van der Waals surface area contributed by atoms with Gasteiger partial charge in [0.25, 0.3) is 5.56 Å². The third-order valence-electron chi connectivity index (χ3n) is 4.22. The molecular weight excluding hydrogens is 428 g/mol. The first-order chi connectivity index (χ1) is 13.5. The number of carbonyl (C=O) groups is 1. The van der Waals surface area contributed by atoms with Crippen LogP contribution in [0.1, 0.15) is 11.1 Å². The fourth-order valence-corrected chi connectivity index (χ4v) is 3.29. The summed E-state index contributed by atoms with van der Waals surface area (Å²) in [5.41, 5.74) is 2.09. The molecule has 3 rings (SSSR count). The molecule has 0 radical (unpaired) electrons. The highest BCUT2D eigenvalue weighted by atomic mass is 79.9. The maximum absolute atomic E-state index is 12.7. The number of fused-ring (bicyclic) bond motifs is 1. The summed E-state index contributed by atoms with van der Waals surface area (Å²) in [5, 5.41) is 27.5. The normalized spacial score (nSPS) is 10.6. The third kappa shape index (κ3) is 3.74. The predicted molar refractivity (Wildman–Crippen MR) is 105 cm³/mol. The van der Waals surface area contributed by atoms with E-state index in [2.05, 4.69) is 27.0 Å². The number of carboxylic acid groups (broad SMARTS) is 1. The molecule has 0 saturated heterocycles. The van der Waals surface area contributed by atoms with Gasteiger partial charge in [0.05, 0.1) is 24.3 Å². The van der Waals surface area contributed by atoms with Crippen LogP contribution in [0.2, 0.25) is 0 Å². The molecule has 0 aliphatic rings. The molecule has 0 aliphatic heterocycles. The highest BCUT2D eigenvalue weighted by Crippen LogP contribution is 2.29. The molecule has 0 spiro atoms. The molecule has 1 aromatic carbocycles. The summed E-state index contributed by atoms with van der Waals surface area (Å²) in [6.07, 6.45) is 1.65. The van der Waals surface area contributed by atoms with Crippen molar-refractivity contribution in [3.63, 3.8) is 0 Å². The van der Waals surface area contributed by atoms with Crippen LogP contribution in [0.25, 0.3) is 16.8 Å². The predicted octanol–water partition coefficient (Wildman–Crippen LogP) is 2.47. The standard InChI is InChI=1S/C19H15BrN4O4/c20-16-3-1-2-14(15(16)9-21)12-4-5-24-17(8-12)22-10-13(18(24)26)11-23(6-7-25)19(27)28/h1-5,8,10,25H,6-7,11H2,(H,27,28). The van der Waals surface area contributed by atoms with Crippen LogP contribution in [0.3, 0.4) is 0 Å². The Morgan fingerprint density at radius 2 is 2.14 bits per heavy atom. The second-order valence-electron chi connectivity index (χ2n) is 5.93. The number of nitriles is 1. The zero-order valence-electron chi connectivity index (χ0n) is 14.5. The van der Waals surface area contributed by atoms with Crippen LogP contribution in [-0.4, -0.2) is 43.7 Å². The molecule has 0 bridgehead atoms. The van der Waals surface area contributed by atoms with Crippen LogP contribution >= 0.6 is 15.9 Å². The average molecular weight is 443 g/mol. The van der Waals surface area contributed by atoms with Crippen molar-refractivity contribution in [2.45, 2.75) is 6.54 Å². The van der Waals surface area contributed by atoms with Crippen LogP contribution in [0.15, 0.2) is 52.0 Å². The Kier molecular flexibility index (Phi) is 5.73. The number of nitrogens with zero attached hydrogens (tertiary/aromatic N) is 4. The van der Waals surface area contributed by atoms with Gasteiger partial charge in [-0.1, -0.05) is 12.1 Å². The van der Waals surface area contributed by atoms with E-state index >= 15 is 0 Å². The first-order valence-electron chi connectivity index (χ1n) is 8.24. The second-order valence-corrected chi connectivity index (χ2v) is 6.79. The molecule has 1 amide bonds. The van der Waals surface area contributed by atoms with Gasteiger partial charge in [-0.3, -0.25) is 9.20 Å². The molecule has 28 heavy (non-hydrogen) atoms. The van der Waals surface area contributed by atoms with E-state index in [0.717, 1.165) is 10.5 Å². The number of amides is 1. The number of rotatable bonds is 5. The summed E-state index contributed by atoms with van der Waals surface area (Å²) in [4.78, 5) is 29.1. The Morgan fingerprint density at radius 3 is 2.82 bits per heavy atom. The second kappa shape index (κ2) is 8.21. The number of aromatic nitrogens is 2. The van der Waals surface area contributed by atoms with Gasteiger partial charge in [0.2, 0.25) is 0 Å². The minimum atomic E-state index is -1.23. The van der Waals surface area contributed by atoms with Crippen molar-refractivity contribution >= 4 is 27.7 Å². The molecule has 2 aromatic heterocycles. The van der Waals surface area contributed by atoms with Crippen LogP contribution in [0.4, 0.5) is 4.79 Å². The summed E-state index contributed by atoms with van der Waals surface area (Å²) in [6, 6.07) is 10.9. The van der Waals surface area contributed by atoms with E-state index in [0.29, 0.717) is 21.2 Å². The highest BCUT2D eigenvalue weighted by molar-refractivity contribution is 9.10. The van der Waals surface area contributed by atoms with E-state index in [-0.39, 0.29) is 25.3 Å². The minimum absolute atomic E-state index is 0.101. The maximum atomic E-state index is 12.7. The molecule has 0 fully saturated rings. The van der Waals surface area contributed by atoms with E-state index in [1.807, 2.05) is 6.07 Å². The van der Waals surface area contributed by atoms with Crippen LogP contribution in [0.5, 0.6) is 0 Å². The van der Waals surface area contributed by atoms with Crippen molar-refractivity contribution in [2.75, 3.05) is 13.2 Å². The van der Waals surface area contributed by atoms with E-state index in [9.17, 15) is 14.9 Å². The number of benzene rings is 1. The van der Waals surface area contributed by atoms with Crippen molar-refractivity contribution in [2.24, 2.45) is 0 Å². The molecule has 0 unspecified atom stereocenters. The van der Waals surface area contributed by atoms with Gasteiger partial charge >= 0.3 is 6.09 Å². The Labute approximate surface area is 168 Å². The first kappa shape index (κ1) is 19.5. The lowest BCUT2D eigenvalue weighted by molar-refractivity contribution is 0.128. The summed E-state index contributed by atoms with van der Waals surface area (Å²) in [6.45, 7) is -0.612. The van der Waals surface area contributed by atoms with Crippen molar-refractivity contribution in [3.8, 4) is 17.2 Å². The third-order valence-corrected chi connectivity index (χ3v) is 4.88. The number of hydrogen-bond acceptors (Lipinski definition) is 5. The molecular formula is C19H15BrN4O4. The van der Waals surface area contributed by atoms with Crippen LogP contribution < -0.4 is 5.56 Å². The van der Waals surface area contributed by atoms with E-state index in [1.165, 1.54) is 10.6 Å². The Morgan fingerprint density at radius 1 is 1.36 bits per heavy atom. The fourth-order valence-electron chi connectivity index (χ4n) is 2.84. The molecule has 3 aromatic rings. The van der Waals surface area contributed by atoms with E-state index in [4.69, 9.17) is 10.2 Å². The highest BCUT2D eigenvalue weighted by Gasteiger charge is 2.16. The Balaban J connectivity index is 2.05. The molecule has 0 atom stereocenters. The summed E-state index contributed by atoms with van der Waals surface area (Å²) in [5.74, 6) is 0. The van der Waals surface area contributed by atoms with Gasteiger partial charge < -0.3 is 15.1 Å². The molecule has 2 heterocycles. The number of hydrogen-bond donors (Lipinski definition) is 2. The number of aliphatic hydroxyl groups is 1. The van der Waals surface area contributed by atoms with Crippen LogP contribution in [0, 0.1) is 11.3 Å². The fraction of sp³-hybridized carbons (Fsp3) is 0.158. The largest absolute Gasteiger partial charge is 0.465 e. The van der Waals surface area contributed by atoms with Gasteiger partial charge in [0, 0.05) is 29.0 Å². The quantitative estimate of drug-likeness (QED) is 0.626. The van der Waals surface area contributed by atoms with Gasteiger partial charge in [0.15, 0.2) is 0 Å². The van der Waals surface area contributed by atoms with Crippen molar-refractivity contribution in [3.05, 3.63) is 68.7 Å². The smallest absolute Gasteiger partial charge is 0.407 e. The Bertz CT molecular complexity index is 1150. The zero-order valence-corrected chi connectivity index (χ0v) is 16.1. The van der Waals surface area contributed by atoms with Gasteiger partial charge in [0.1, 0.15) is 11.7 Å². The van der Waals surface area contributed by atoms with Crippen molar-refractivity contribution in [1.82, 2.24) is 14.3 Å². The van der Waals surface area contributed by atoms with Crippen molar-refractivity contribution in [1.29, 1.82) is 5.26 Å². The lowest BCUT2D eigenvalue weighted by Crippen LogP contribution is -2.34. The van der Waals surface area contributed by atoms with E-state index < -0.39 is 11.7 Å². The molecule has 0 saturated carbocycles. The van der Waals surface area contributed by atoms with Crippen molar-refractivity contribution < 1.29 is 15.0 Å². The molecule has 142 valence electrons. The monoisotopic (exact) mass is 442 g/mol. The zero-order chi connectivity index (χ0) is 20.3. The lowest BCUT2D eigenvalue weighted by atomic mass is 10.0. The number of aliphatic hydroxyl groups excluding tert-OH is 1. The van der Waals surface area contributed by atoms with Gasteiger partial charge in [-0.05, 0) is 39.7 Å². The maximum Gasteiger partial charge on any atom is 0.407 e. The van der Waals surface area contributed by atoms with E-state index in [1.54, 1.807) is 30.5 Å². The first-order valence-corrected chi connectivity index (χ1v) is 9.03. The van der Waals surface area contributed by atoms with Gasteiger partial charge in [-0.25, -0.2) is 9.78 Å². The summed E-state index contributed by atoms with van der Waals surface area (Å²) < 4.78 is 1.99. The average Bonchev–Trinajstić information content (AvgIpc) is 2.69. The number of pyridine rings is 1. The SMILES string of the molecule is N#Cc1c(Br)cccc1-c1ccn2c(=O)c(CN(CCO)C(=O)O)cnc2c1. The van der Waals surface area contributed by atoms with Crippen LogP contribution in [-0.2, 0) is 6.54 Å². The topological polar surface area (TPSA) is 119 Å². The molecule has 8 nitrogen and oxygen atoms in total. The van der Waals surface area contributed by atoms with Gasteiger partial charge in [-0.2, -0.15) is 5.26 Å². The minimum Gasteiger partial charge on any atom is -0.465 e. The summed E-state index contributed by atoms with van der Waals surface area (Å²) in [7, 11) is 0. The Hall–Kier alpha value is -3.22. The molecule has 0 aliphatic carbocycles. The number of halogens is 1.